The Morgan fingerprint density at radius 3 is 2.64 bits per heavy atom. The zero-order valence-electron chi connectivity index (χ0n) is 7.30. The second kappa shape index (κ2) is 6.08. The summed E-state index contributed by atoms with van der Waals surface area (Å²) in [6.07, 6.45) is 3.88. The Hall–Kier alpha value is -0.660. The van der Waals surface area contributed by atoms with Gasteiger partial charge < -0.3 is 4.79 Å². The highest BCUT2D eigenvalue weighted by Crippen LogP contribution is 2.04. The van der Waals surface area contributed by atoms with Crippen LogP contribution >= 0.6 is 0 Å². The lowest BCUT2D eigenvalue weighted by molar-refractivity contribution is -0.122. The van der Waals surface area contributed by atoms with Crippen molar-refractivity contribution in [3.05, 3.63) is 0 Å². The molecule has 0 aromatic heterocycles. The Balaban J connectivity index is 3.43. The van der Waals surface area contributed by atoms with Crippen LogP contribution < -0.4 is 0 Å². The highest BCUT2D eigenvalue weighted by molar-refractivity contribution is 5.80. The maximum Gasteiger partial charge on any atom is 0.133 e. The van der Waals surface area contributed by atoms with Crippen molar-refractivity contribution < 1.29 is 9.59 Å². The van der Waals surface area contributed by atoms with Gasteiger partial charge in [0.2, 0.25) is 0 Å². The third kappa shape index (κ3) is 5.77. The molecule has 2 nitrogen and oxygen atoms in total. The standard InChI is InChI=1S/C9H16O2/c1-3-4-5-9(11)6-8(2)7-10/h7-8H,3-6H2,1-2H3. The van der Waals surface area contributed by atoms with Gasteiger partial charge in [-0.1, -0.05) is 20.3 Å². The minimum atomic E-state index is -0.0978. The summed E-state index contributed by atoms with van der Waals surface area (Å²) in [4.78, 5) is 21.2. The van der Waals surface area contributed by atoms with Crippen LogP contribution in [-0.4, -0.2) is 12.1 Å². The van der Waals surface area contributed by atoms with E-state index in [0.29, 0.717) is 12.8 Å². The van der Waals surface area contributed by atoms with E-state index in [-0.39, 0.29) is 11.7 Å². The van der Waals surface area contributed by atoms with Crippen LogP contribution in [0.5, 0.6) is 0 Å². The van der Waals surface area contributed by atoms with E-state index in [0.717, 1.165) is 19.1 Å². The van der Waals surface area contributed by atoms with E-state index >= 15 is 0 Å². The molecule has 0 aliphatic rings. The summed E-state index contributed by atoms with van der Waals surface area (Å²) in [5.41, 5.74) is 0. The van der Waals surface area contributed by atoms with Crippen molar-refractivity contribution in [2.24, 2.45) is 5.92 Å². The van der Waals surface area contributed by atoms with Crippen molar-refractivity contribution >= 4 is 12.1 Å². The Bertz CT molecular complexity index is 130. The number of carbonyl (C=O) groups is 2. The van der Waals surface area contributed by atoms with Crippen molar-refractivity contribution in [3.8, 4) is 0 Å². The molecule has 0 saturated heterocycles. The predicted octanol–water partition coefficient (Wildman–Crippen LogP) is 1.97. The Morgan fingerprint density at radius 2 is 2.18 bits per heavy atom. The minimum absolute atomic E-state index is 0.0978. The number of Topliss-reactive ketones (excluding diaryl/α,β-unsaturated/α-hetero) is 1. The smallest absolute Gasteiger partial charge is 0.133 e. The topological polar surface area (TPSA) is 34.1 Å². The van der Waals surface area contributed by atoms with Gasteiger partial charge in [-0.25, -0.2) is 0 Å². The van der Waals surface area contributed by atoms with E-state index in [2.05, 4.69) is 6.92 Å². The third-order valence-electron chi connectivity index (χ3n) is 1.59. The zero-order chi connectivity index (χ0) is 8.69. The van der Waals surface area contributed by atoms with Crippen LogP contribution in [-0.2, 0) is 9.59 Å². The molecule has 0 radical (unpaired) electrons. The summed E-state index contributed by atoms with van der Waals surface area (Å²) < 4.78 is 0. The molecule has 0 bridgehead atoms. The molecule has 0 aromatic carbocycles. The van der Waals surface area contributed by atoms with E-state index in [9.17, 15) is 9.59 Å². The molecule has 1 atom stereocenters. The van der Waals surface area contributed by atoms with Gasteiger partial charge >= 0.3 is 0 Å². The first-order valence-electron chi connectivity index (χ1n) is 4.17. The molecule has 0 rings (SSSR count). The van der Waals surface area contributed by atoms with Crippen LogP contribution in [0.2, 0.25) is 0 Å². The minimum Gasteiger partial charge on any atom is -0.303 e. The van der Waals surface area contributed by atoms with Gasteiger partial charge in [0.1, 0.15) is 12.1 Å². The zero-order valence-corrected chi connectivity index (χ0v) is 7.30. The van der Waals surface area contributed by atoms with Gasteiger partial charge in [0.05, 0.1) is 0 Å². The van der Waals surface area contributed by atoms with E-state index in [1.54, 1.807) is 6.92 Å². The van der Waals surface area contributed by atoms with Crippen LogP contribution in [0.15, 0.2) is 0 Å². The highest BCUT2D eigenvalue weighted by atomic mass is 16.1. The number of hydrogen-bond donors (Lipinski definition) is 0. The maximum absolute atomic E-state index is 11.0. The molecule has 1 unspecified atom stereocenters. The predicted molar refractivity (Wildman–Crippen MR) is 44.4 cm³/mol. The maximum atomic E-state index is 11.0. The summed E-state index contributed by atoms with van der Waals surface area (Å²) in [5, 5.41) is 0. The third-order valence-corrected chi connectivity index (χ3v) is 1.59. The van der Waals surface area contributed by atoms with Crippen LogP contribution in [0.1, 0.15) is 39.5 Å². The number of unbranched alkanes of at least 4 members (excludes halogenated alkanes) is 1. The van der Waals surface area contributed by atoms with Gasteiger partial charge in [-0.3, -0.25) is 4.79 Å². The fourth-order valence-corrected chi connectivity index (χ4v) is 0.883. The van der Waals surface area contributed by atoms with Crippen molar-refractivity contribution in [2.45, 2.75) is 39.5 Å². The molecule has 0 amide bonds. The number of rotatable bonds is 6. The molecule has 0 spiro atoms. The fourth-order valence-electron chi connectivity index (χ4n) is 0.883. The largest absolute Gasteiger partial charge is 0.303 e. The van der Waals surface area contributed by atoms with Gasteiger partial charge in [0, 0.05) is 18.8 Å². The van der Waals surface area contributed by atoms with Crippen molar-refractivity contribution in [1.82, 2.24) is 0 Å². The summed E-state index contributed by atoms with van der Waals surface area (Å²) in [7, 11) is 0. The van der Waals surface area contributed by atoms with Crippen LogP contribution in [0.25, 0.3) is 0 Å². The second-order valence-corrected chi connectivity index (χ2v) is 2.96. The first-order valence-corrected chi connectivity index (χ1v) is 4.17. The van der Waals surface area contributed by atoms with Crippen LogP contribution in [0.4, 0.5) is 0 Å². The molecule has 0 aliphatic carbocycles. The molecule has 0 heterocycles. The average Bonchev–Trinajstić information content (AvgIpc) is 2.00. The molecule has 2 heteroatoms. The SMILES string of the molecule is CCCCC(=O)CC(C)C=O. The van der Waals surface area contributed by atoms with Crippen molar-refractivity contribution in [2.75, 3.05) is 0 Å². The van der Waals surface area contributed by atoms with E-state index in [1.807, 2.05) is 0 Å². The highest BCUT2D eigenvalue weighted by Gasteiger charge is 2.06. The molecule has 11 heavy (non-hydrogen) atoms. The Kier molecular flexibility index (Phi) is 5.71. The van der Waals surface area contributed by atoms with Crippen LogP contribution in [0, 0.1) is 5.92 Å². The lowest BCUT2D eigenvalue weighted by Gasteiger charge is -2.00. The van der Waals surface area contributed by atoms with Gasteiger partial charge in [-0.05, 0) is 6.42 Å². The van der Waals surface area contributed by atoms with E-state index < -0.39 is 0 Å². The van der Waals surface area contributed by atoms with Crippen LogP contribution in [0.3, 0.4) is 0 Å². The molecular formula is C9H16O2. The van der Waals surface area contributed by atoms with Gasteiger partial charge in [-0.2, -0.15) is 0 Å². The lowest BCUT2D eigenvalue weighted by Crippen LogP contribution is -2.05. The average molecular weight is 156 g/mol. The number of aldehydes is 1. The molecule has 0 N–H and O–H groups in total. The fraction of sp³-hybridized carbons (Fsp3) is 0.778. The number of carbonyl (C=O) groups excluding carboxylic acids is 2. The summed E-state index contributed by atoms with van der Waals surface area (Å²) in [6.45, 7) is 3.83. The van der Waals surface area contributed by atoms with E-state index in [4.69, 9.17) is 0 Å². The van der Waals surface area contributed by atoms with Gasteiger partial charge in [0.25, 0.3) is 0 Å². The monoisotopic (exact) mass is 156 g/mol. The first kappa shape index (κ1) is 10.3. The first-order chi connectivity index (χ1) is 5.20. The molecule has 0 aromatic rings. The normalized spacial score (nSPS) is 12.5. The second-order valence-electron chi connectivity index (χ2n) is 2.96. The quantitative estimate of drug-likeness (QED) is 0.551. The molecule has 0 aliphatic heterocycles. The Labute approximate surface area is 68.0 Å². The molecule has 0 fully saturated rings. The summed E-state index contributed by atoms with van der Waals surface area (Å²) in [6, 6.07) is 0. The van der Waals surface area contributed by atoms with Crippen molar-refractivity contribution in [1.29, 1.82) is 0 Å². The summed E-state index contributed by atoms with van der Waals surface area (Å²) >= 11 is 0. The summed E-state index contributed by atoms with van der Waals surface area (Å²) in [5.74, 6) is 0.116. The van der Waals surface area contributed by atoms with E-state index in [1.165, 1.54) is 0 Å². The number of ketones is 1. The number of hydrogen-bond acceptors (Lipinski definition) is 2. The van der Waals surface area contributed by atoms with Gasteiger partial charge in [-0.15, -0.1) is 0 Å². The Morgan fingerprint density at radius 1 is 1.55 bits per heavy atom. The lowest BCUT2D eigenvalue weighted by atomic mass is 10.0. The molecule has 64 valence electrons. The molecule has 0 saturated carbocycles. The molecular weight excluding hydrogens is 140 g/mol. The van der Waals surface area contributed by atoms with Crippen molar-refractivity contribution in [3.63, 3.8) is 0 Å². The van der Waals surface area contributed by atoms with Gasteiger partial charge in [0.15, 0.2) is 0 Å².